The summed E-state index contributed by atoms with van der Waals surface area (Å²) in [6.07, 6.45) is -0.845. The molecule has 2 atom stereocenters. The molecule has 1 rings (SSSR count). The molecule has 3 amide bonds. The molecule has 0 aromatic carbocycles. The van der Waals surface area contributed by atoms with Crippen LogP contribution in [0, 0.1) is 5.92 Å². The first kappa shape index (κ1) is 19.9. The summed E-state index contributed by atoms with van der Waals surface area (Å²) in [4.78, 5) is 47.3. The maximum Gasteiger partial charge on any atom is 0.408 e. The number of amides is 3. The van der Waals surface area contributed by atoms with Crippen LogP contribution < -0.4 is 10.6 Å². The third kappa shape index (κ3) is 6.97. The van der Waals surface area contributed by atoms with Crippen molar-refractivity contribution >= 4 is 23.9 Å². The highest BCUT2D eigenvalue weighted by Crippen LogP contribution is 2.20. The Balaban J connectivity index is 2.82. The van der Waals surface area contributed by atoms with Gasteiger partial charge in [0.05, 0.1) is 0 Å². The Labute approximate surface area is 141 Å². The van der Waals surface area contributed by atoms with Crippen LogP contribution in [0.2, 0.25) is 0 Å². The van der Waals surface area contributed by atoms with Crippen LogP contribution in [0.4, 0.5) is 4.79 Å². The van der Waals surface area contributed by atoms with Gasteiger partial charge in [0.2, 0.25) is 11.8 Å². The zero-order chi connectivity index (χ0) is 18.7. The predicted octanol–water partition coefficient (Wildman–Crippen LogP) is 1.27. The maximum atomic E-state index is 12.3. The average molecular weight is 342 g/mol. The molecule has 1 fully saturated rings. The van der Waals surface area contributed by atoms with Crippen LogP contribution in [-0.4, -0.2) is 41.1 Å². The topological polar surface area (TPSA) is 111 Å². The van der Waals surface area contributed by atoms with E-state index in [9.17, 15) is 19.2 Å². The normalized spacial score (nSPS) is 19.5. The monoisotopic (exact) mass is 342 g/mol. The SMILES string of the molecule is CC(C)(C)OC(=O)N[C@@H](C[C@H]1CC(=O)NC1=O)C(=O)OC(C)(C)C. The second-order valence-electron chi connectivity index (χ2n) is 7.78. The molecule has 1 heterocycles. The van der Waals surface area contributed by atoms with Crippen molar-refractivity contribution in [3.05, 3.63) is 0 Å². The highest BCUT2D eigenvalue weighted by atomic mass is 16.6. The zero-order valence-electron chi connectivity index (χ0n) is 15.0. The number of carbonyl (C=O) groups excluding carboxylic acids is 4. The number of esters is 1. The van der Waals surface area contributed by atoms with E-state index in [0.717, 1.165) is 0 Å². The van der Waals surface area contributed by atoms with Gasteiger partial charge in [-0.05, 0) is 48.0 Å². The lowest BCUT2D eigenvalue weighted by Gasteiger charge is -2.27. The van der Waals surface area contributed by atoms with Gasteiger partial charge in [0.25, 0.3) is 0 Å². The van der Waals surface area contributed by atoms with Crippen molar-refractivity contribution in [2.45, 2.75) is 71.6 Å². The quantitative estimate of drug-likeness (QED) is 0.588. The smallest absolute Gasteiger partial charge is 0.408 e. The van der Waals surface area contributed by atoms with Crippen molar-refractivity contribution in [1.29, 1.82) is 0 Å². The molecule has 0 aromatic rings. The van der Waals surface area contributed by atoms with Crippen molar-refractivity contribution < 1.29 is 28.7 Å². The molecular weight excluding hydrogens is 316 g/mol. The fourth-order valence-electron chi connectivity index (χ4n) is 2.12. The summed E-state index contributed by atoms with van der Waals surface area (Å²) < 4.78 is 10.4. The van der Waals surface area contributed by atoms with Crippen LogP contribution in [-0.2, 0) is 23.9 Å². The second-order valence-corrected chi connectivity index (χ2v) is 7.78. The second kappa shape index (κ2) is 7.19. The zero-order valence-corrected chi connectivity index (χ0v) is 15.0. The third-order valence-electron chi connectivity index (χ3n) is 2.97. The van der Waals surface area contributed by atoms with Gasteiger partial charge in [-0.2, -0.15) is 0 Å². The van der Waals surface area contributed by atoms with Crippen molar-refractivity contribution in [2.75, 3.05) is 0 Å². The Kier molecular flexibility index (Phi) is 5.97. The lowest BCUT2D eigenvalue weighted by Crippen LogP contribution is -2.47. The summed E-state index contributed by atoms with van der Waals surface area (Å²) in [7, 11) is 0. The molecule has 0 aromatic heterocycles. The number of hydrogen-bond acceptors (Lipinski definition) is 6. The van der Waals surface area contributed by atoms with Gasteiger partial charge < -0.3 is 14.8 Å². The number of rotatable bonds is 4. The minimum atomic E-state index is -1.08. The summed E-state index contributed by atoms with van der Waals surface area (Å²) in [5, 5.41) is 4.61. The Bertz CT molecular complexity index is 530. The molecule has 8 nitrogen and oxygen atoms in total. The Morgan fingerprint density at radius 2 is 1.67 bits per heavy atom. The van der Waals surface area contributed by atoms with Gasteiger partial charge >= 0.3 is 12.1 Å². The summed E-state index contributed by atoms with van der Waals surface area (Å²) in [5.41, 5.74) is -1.48. The van der Waals surface area contributed by atoms with Gasteiger partial charge in [0.15, 0.2) is 0 Å². The van der Waals surface area contributed by atoms with E-state index in [2.05, 4.69) is 10.6 Å². The number of nitrogens with one attached hydrogen (secondary N) is 2. The lowest BCUT2D eigenvalue weighted by atomic mass is 9.98. The number of ether oxygens (including phenoxy) is 2. The van der Waals surface area contributed by atoms with Crippen molar-refractivity contribution in [3.8, 4) is 0 Å². The molecule has 2 N–H and O–H groups in total. The molecule has 0 saturated carbocycles. The molecule has 1 aliphatic heterocycles. The third-order valence-corrected chi connectivity index (χ3v) is 2.97. The van der Waals surface area contributed by atoms with Crippen LogP contribution in [0.1, 0.15) is 54.4 Å². The van der Waals surface area contributed by atoms with E-state index < -0.39 is 47.0 Å². The van der Waals surface area contributed by atoms with E-state index in [-0.39, 0.29) is 12.8 Å². The van der Waals surface area contributed by atoms with Crippen LogP contribution in [0.5, 0.6) is 0 Å². The fourth-order valence-corrected chi connectivity index (χ4v) is 2.12. The molecule has 0 spiro atoms. The number of alkyl carbamates (subject to hydrolysis) is 1. The van der Waals surface area contributed by atoms with E-state index in [1.165, 1.54) is 0 Å². The molecule has 0 aliphatic carbocycles. The molecule has 1 saturated heterocycles. The molecular formula is C16H26N2O6. The standard InChI is InChI=1S/C16H26N2O6/c1-15(2,3)23-13(21)10(17-14(22)24-16(4,5)6)7-9-8-11(19)18-12(9)20/h9-10H,7-8H2,1-6H3,(H,17,22)(H,18,19,20)/t9-,10-/m0/s1. The van der Waals surface area contributed by atoms with Gasteiger partial charge in [0, 0.05) is 12.3 Å². The lowest BCUT2D eigenvalue weighted by molar-refractivity contribution is -0.158. The van der Waals surface area contributed by atoms with Gasteiger partial charge in [-0.3, -0.25) is 14.9 Å². The predicted molar refractivity (Wildman–Crippen MR) is 84.9 cm³/mol. The number of imide groups is 1. The van der Waals surface area contributed by atoms with Crippen molar-refractivity contribution in [3.63, 3.8) is 0 Å². The van der Waals surface area contributed by atoms with Gasteiger partial charge in [-0.25, -0.2) is 9.59 Å². The molecule has 0 radical (unpaired) electrons. The van der Waals surface area contributed by atoms with Crippen LogP contribution in [0.25, 0.3) is 0 Å². The van der Waals surface area contributed by atoms with E-state index in [4.69, 9.17) is 9.47 Å². The maximum absolute atomic E-state index is 12.3. The summed E-state index contributed by atoms with van der Waals surface area (Å²) in [6.45, 7) is 10.2. The molecule has 136 valence electrons. The van der Waals surface area contributed by atoms with E-state index in [1.807, 2.05) is 0 Å². The average Bonchev–Trinajstić information content (AvgIpc) is 2.62. The van der Waals surface area contributed by atoms with E-state index in [0.29, 0.717) is 0 Å². The first-order valence-corrected chi connectivity index (χ1v) is 7.83. The number of carbonyl (C=O) groups is 4. The van der Waals surface area contributed by atoms with E-state index in [1.54, 1.807) is 41.5 Å². The number of hydrogen-bond donors (Lipinski definition) is 2. The molecule has 0 unspecified atom stereocenters. The Hall–Kier alpha value is -2.12. The minimum Gasteiger partial charge on any atom is -0.458 e. The van der Waals surface area contributed by atoms with Gasteiger partial charge in [0.1, 0.15) is 17.2 Å². The first-order valence-electron chi connectivity index (χ1n) is 7.83. The largest absolute Gasteiger partial charge is 0.458 e. The van der Waals surface area contributed by atoms with Crippen LogP contribution in [0.15, 0.2) is 0 Å². The molecule has 0 bridgehead atoms. The minimum absolute atomic E-state index is 0.0197. The van der Waals surface area contributed by atoms with Crippen LogP contribution in [0.3, 0.4) is 0 Å². The van der Waals surface area contributed by atoms with Crippen molar-refractivity contribution in [2.24, 2.45) is 5.92 Å². The molecule has 8 heteroatoms. The fraction of sp³-hybridized carbons (Fsp3) is 0.750. The molecule has 1 aliphatic rings. The van der Waals surface area contributed by atoms with Crippen molar-refractivity contribution in [1.82, 2.24) is 10.6 Å². The first-order chi connectivity index (χ1) is 10.8. The van der Waals surface area contributed by atoms with E-state index >= 15 is 0 Å². The molecule has 24 heavy (non-hydrogen) atoms. The summed E-state index contributed by atoms with van der Waals surface area (Å²) >= 11 is 0. The Morgan fingerprint density at radius 1 is 1.12 bits per heavy atom. The summed E-state index contributed by atoms with van der Waals surface area (Å²) in [6, 6.07) is -1.08. The highest BCUT2D eigenvalue weighted by Gasteiger charge is 2.37. The van der Waals surface area contributed by atoms with Crippen LogP contribution >= 0.6 is 0 Å². The van der Waals surface area contributed by atoms with Gasteiger partial charge in [-0.1, -0.05) is 0 Å². The highest BCUT2D eigenvalue weighted by molar-refractivity contribution is 6.03. The summed E-state index contributed by atoms with van der Waals surface area (Å²) in [5.74, 6) is -2.23. The van der Waals surface area contributed by atoms with Gasteiger partial charge in [-0.15, -0.1) is 0 Å². The Morgan fingerprint density at radius 3 is 2.08 bits per heavy atom.